The van der Waals surface area contributed by atoms with E-state index in [2.05, 4.69) is 10.6 Å². The summed E-state index contributed by atoms with van der Waals surface area (Å²) in [5, 5.41) is 7.89. The maximum Gasteiger partial charge on any atom is 0.376 e. The Labute approximate surface area is 233 Å². The van der Waals surface area contributed by atoms with Crippen molar-refractivity contribution < 1.29 is 9.31 Å². The number of anilines is 2. The summed E-state index contributed by atoms with van der Waals surface area (Å²) >= 11 is 12.7. The molecule has 0 aromatic heterocycles. The molecule has 1 aliphatic heterocycles. The Balaban J connectivity index is 1.71. The van der Waals surface area contributed by atoms with E-state index in [4.69, 9.17) is 58.6 Å². The minimum atomic E-state index is 0.215. The first kappa shape index (κ1) is 25.8. The molecule has 0 bridgehead atoms. The zero-order valence-corrected chi connectivity index (χ0v) is 21.6. The Morgan fingerprint density at radius 1 is 0.605 bits per heavy atom. The van der Waals surface area contributed by atoms with Crippen LogP contribution in [0, 0.1) is 0 Å². The second kappa shape index (κ2) is 11.7. The van der Waals surface area contributed by atoms with Gasteiger partial charge in [0.15, 0.2) is 0 Å². The molecule has 38 heavy (non-hydrogen) atoms. The van der Waals surface area contributed by atoms with Crippen LogP contribution in [0.1, 0.15) is 22.3 Å². The molecular formula is C28H20B2Cl2N4O2. The molecule has 1 aliphatic rings. The van der Waals surface area contributed by atoms with Crippen molar-refractivity contribution in [1.29, 1.82) is 0 Å². The van der Waals surface area contributed by atoms with Gasteiger partial charge in [0.2, 0.25) is 11.8 Å². The number of aliphatic imine (C=N–C) groups is 2. The Morgan fingerprint density at radius 2 is 1.03 bits per heavy atom. The molecule has 5 rings (SSSR count). The van der Waals surface area contributed by atoms with Gasteiger partial charge in [0.25, 0.3) is 0 Å². The molecule has 0 fully saturated rings. The molecule has 6 nitrogen and oxygen atoms in total. The van der Waals surface area contributed by atoms with E-state index in [1.807, 2.05) is 60.7 Å². The van der Waals surface area contributed by atoms with Gasteiger partial charge in [-0.15, -0.1) is 0 Å². The van der Waals surface area contributed by atoms with Crippen LogP contribution in [0.3, 0.4) is 0 Å². The van der Waals surface area contributed by atoms with Gasteiger partial charge in [-0.3, -0.25) is 0 Å². The summed E-state index contributed by atoms with van der Waals surface area (Å²) in [5.74, 6) is 0.429. The van der Waals surface area contributed by atoms with Gasteiger partial charge in [-0.1, -0.05) is 59.6 Å². The maximum atomic E-state index is 6.34. The highest BCUT2D eigenvalue weighted by molar-refractivity contribution is 6.31. The number of halogens is 2. The van der Waals surface area contributed by atoms with Gasteiger partial charge in [-0.25, -0.2) is 9.98 Å². The highest BCUT2D eigenvalue weighted by atomic mass is 35.5. The molecule has 0 amide bonds. The third-order valence-corrected chi connectivity index (χ3v) is 6.48. The normalized spacial score (nSPS) is 13.2. The van der Waals surface area contributed by atoms with Crippen molar-refractivity contribution >= 4 is 73.8 Å². The molecule has 1 heterocycles. The number of hydrogen-bond acceptors (Lipinski definition) is 6. The van der Waals surface area contributed by atoms with Gasteiger partial charge in [0.1, 0.15) is 0 Å². The average Bonchev–Trinajstić information content (AvgIpc) is 2.94. The smallest absolute Gasteiger partial charge is 0.376 e. The molecule has 184 valence electrons. The number of para-hydroxylation sites is 2. The lowest BCUT2D eigenvalue weighted by atomic mass is 10.1. The SMILES string of the molecule is [B]OC1=Nc2ccccc2CNc2ccc(Cl)cc2C(O[B])=Nc2ccccc2CNc2ccc(Cl)cc21. The van der Waals surface area contributed by atoms with Crippen LogP contribution >= 0.6 is 23.2 Å². The lowest BCUT2D eigenvalue weighted by Crippen LogP contribution is -2.12. The zero-order valence-electron chi connectivity index (χ0n) is 20.1. The molecule has 4 radical (unpaired) electrons. The van der Waals surface area contributed by atoms with Crippen molar-refractivity contribution in [3.63, 3.8) is 0 Å². The highest BCUT2D eigenvalue weighted by Gasteiger charge is 2.16. The topological polar surface area (TPSA) is 67.2 Å². The van der Waals surface area contributed by atoms with Crippen molar-refractivity contribution in [2.24, 2.45) is 9.98 Å². The van der Waals surface area contributed by atoms with Crippen LogP contribution in [0.5, 0.6) is 0 Å². The predicted octanol–water partition coefficient (Wildman–Crippen LogP) is 6.89. The van der Waals surface area contributed by atoms with E-state index in [1.54, 1.807) is 24.3 Å². The summed E-state index contributed by atoms with van der Waals surface area (Å²) in [6.07, 6.45) is 0. The third-order valence-electron chi connectivity index (χ3n) is 6.01. The predicted molar refractivity (Wildman–Crippen MR) is 157 cm³/mol. The number of benzene rings is 4. The summed E-state index contributed by atoms with van der Waals surface area (Å²) in [5.41, 5.74) is 5.81. The van der Waals surface area contributed by atoms with Crippen LogP contribution in [-0.4, -0.2) is 27.9 Å². The molecule has 0 unspecified atom stereocenters. The van der Waals surface area contributed by atoms with E-state index in [1.165, 1.54) is 0 Å². The molecule has 0 saturated heterocycles. The summed E-state index contributed by atoms with van der Waals surface area (Å²) in [4.78, 5) is 9.51. The second-order valence-electron chi connectivity index (χ2n) is 8.41. The fourth-order valence-electron chi connectivity index (χ4n) is 4.13. The van der Waals surface area contributed by atoms with Gasteiger partial charge in [-0.2, -0.15) is 0 Å². The van der Waals surface area contributed by atoms with Crippen LogP contribution in [-0.2, 0) is 22.4 Å². The molecular weight excluding hydrogens is 517 g/mol. The number of nitrogens with zero attached hydrogens (tertiary/aromatic N) is 2. The fourth-order valence-corrected chi connectivity index (χ4v) is 4.48. The molecule has 0 atom stereocenters. The molecule has 10 heteroatoms. The summed E-state index contributed by atoms with van der Waals surface area (Å²) in [7, 11) is 11.4. The van der Waals surface area contributed by atoms with Gasteiger partial charge in [-0.05, 0) is 59.7 Å². The molecule has 0 spiro atoms. The summed E-state index contributed by atoms with van der Waals surface area (Å²) in [6, 6.07) is 26.1. The van der Waals surface area contributed by atoms with Crippen molar-refractivity contribution in [2.75, 3.05) is 10.6 Å². The fraction of sp³-hybridized carbons (Fsp3) is 0.0714. The highest BCUT2D eigenvalue weighted by Crippen LogP contribution is 2.30. The first-order chi connectivity index (χ1) is 18.6. The van der Waals surface area contributed by atoms with Crippen LogP contribution in [0.2, 0.25) is 10.0 Å². The molecule has 0 saturated carbocycles. The van der Waals surface area contributed by atoms with Gasteiger partial charge in [0.05, 0.1) is 22.5 Å². The van der Waals surface area contributed by atoms with Crippen molar-refractivity contribution in [3.05, 3.63) is 117 Å². The number of rotatable bonds is 0. The lowest BCUT2D eigenvalue weighted by Gasteiger charge is -2.18. The Morgan fingerprint density at radius 3 is 1.45 bits per heavy atom. The van der Waals surface area contributed by atoms with Crippen LogP contribution in [0.15, 0.2) is 94.9 Å². The zero-order chi connectivity index (χ0) is 26.5. The van der Waals surface area contributed by atoms with Gasteiger partial charge in [0, 0.05) is 34.5 Å². The van der Waals surface area contributed by atoms with Crippen LogP contribution in [0.25, 0.3) is 0 Å². The second-order valence-corrected chi connectivity index (χ2v) is 9.29. The maximum absolute atomic E-state index is 6.34. The van der Waals surface area contributed by atoms with Crippen molar-refractivity contribution in [2.45, 2.75) is 13.1 Å². The first-order valence-electron chi connectivity index (χ1n) is 11.7. The van der Waals surface area contributed by atoms with Gasteiger partial charge >= 0.3 is 16.1 Å². The van der Waals surface area contributed by atoms with E-state index in [0.717, 1.165) is 22.5 Å². The first-order valence-corrected chi connectivity index (χ1v) is 12.5. The average molecular weight is 537 g/mol. The van der Waals surface area contributed by atoms with Crippen LogP contribution in [0.4, 0.5) is 22.7 Å². The summed E-state index contributed by atoms with van der Waals surface area (Å²) in [6.45, 7) is 0.836. The largest absolute Gasteiger partial charge is 0.554 e. The lowest BCUT2D eigenvalue weighted by molar-refractivity contribution is 0.615. The van der Waals surface area contributed by atoms with Crippen molar-refractivity contribution in [3.8, 4) is 0 Å². The molecule has 2 N–H and O–H groups in total. The third kappa shape index (κ3) is 5.67. The van der Waals surface area contributed by atoms with Gasteiger partial charge < -0.3 is 19.9 Å². The Bertz CT molecular complexity index is 1430. The molecule has 4 aromatic carbocycles. The minimum Gasteiger partial charge on any atom is -0.554 e. The molecule has 0 aliphatic carbocycles. The standard InChI is InChI=1S/C28H20B2Cl2N4O2/c29-37-27-22-14-20(32)10-12-26(22)34-16-18-6-2-4-8-24(18)36-28(38-30)21-13-19(31)9-11-25(21)33-15-17-5-1-3-7-23(17)35-27/h1-14,33-34H,15-16H2. The van der Waals surface area contributed by atoms with Crippen LogP contribution < -0.4 is 10.6 Å². The van der Waals surface area contributed by atoms with E-state index in [9.17, 15) is 0 Å². The minimum absolute atomic E-state index is 0.215. The quantitative estimate of drug-likeness (QED) is 0.240. The number of nitrogens with one attached hydrogen (secondary N) is 2. The number of fused-ring (bicyclic) bond motifs is 4. The van der Waals surface area contributed by atoms with E-state index < -0.39 is 0 Å². The Hall–Kier alpha value is -3.87. The monoisotopic (exact) mass is 536 g/mol. The Kier molecular flexibility index (Phi) is 7.91. The van der Waals surface area contributed by atoms with E-state index in [0.29, 0.717) is 45.6 Å². The summed E-state index contributed by atoms with van der Waals surface area (Å²) < 4.78 is 10.5. The number of hydrogen-bond donors (Lipinski definition) is 2. The van der Waals surface area contributed by atoms with E-state index in [-0.39, 0.29) is 11.8 Å². The molecule has 4 aromatic rings. The van der Waals surface area contributed by atoms with Crippen molar-refractivity contribution in [1.82, 2.24) is 0 Å². The van der Waals surface area contributed by atoms with E-state index >= 15 is 0 Å².